The lowest BCUT2D eigenvalue weighted by Crippen LogP contribution is -2.37. The molecule has 1 aliphatic rings. The fraction of sp³-hybridized carbons (Fsp3) is 0.500. The molecule has 4 nitrogen and oxygen atoms in total. The average Bonchev–Trinajstić information content (AvgIpc) is 2.82. The summed E-state index contributed by atoms with van der Waals surface area (Å²) in [6.07, 6.45) is 1.78. The zero-order valence-electron chi connectivity index (χ0n) is 10.5. The molecule has 1 saturated heterocycles. The summed E-state index contributed by atoms with van der Waals surface area (Å²) in [5.74, 6) is 0.408. The van der Waals surface area contributed by atoms with Gasteiger partial charge in [-0.15, -0.1) is 0 Å². The smallest absolute Gasteiger partial charge is 0.298 e. The van der Waals surface area contributed by atoms with Crippen molar-refractivity contribution in [2.75, 3.05) is 18.0 Å². The summed E-state index contributed by atoms with van der Waals surface area (Å²) in [4.78, 5) is 6.67. The Balaban J connectivity index is 1.76. The highest BCUT2D eigenvalue weighted by Gasteiger charge is 2.25. The quantitative estimate of drug-likeness (QED) is 0.884. The molecule has 4 heteroatoms. The highest BCUT2D eigenvalue weighted by atomic mass is 16.4. The van der Waals surface area contributed by atoms with Crippen molar-refractivity contribution >= 4 is 17.1 Å². The number of aromatic nitrogens is 1. The molecule has 96 valence electrons. The number of piperidine rings is 1. The van der Waals surface area contributed by atoms with Crippen LogP contribution in [0.2, 0.25) is 0 Å². The van der Waals surface area contributed by atoms with Crippen LogP contribution in [0.4, 0.5) is 6.01 Å². The Morgan fingerprint density at radius 3 is 2.72 bits per heavy atom. The number of aliphatic hydroxyl groups is 1. The molecule has 0 saturated carbocycles. The van der Waals surface area contributed by atoms with Gasteiger partial charge in [-0.1, -0.05) is 12.1 Å². The minimum Gasteiger partial charge on any atom is -0.423 e. The Morgan fingerprint density at radius 1 is 1.33 bits per heavy atom. The van der Waals surface area contributed by atoms with Crippen LogP contribution in [0.1, 0.15) is 19.8 Å². The van der Waals surface area contributed by atoms with Crippen molar-refractivity contribution in [1.29, 1.82) is 0 Å². The van der Waals surface area contributed by atoms with Gasteiger partial charge < -0.3 is 14.4 Å². The fourth-order valence-corrected chi connectivity index (χ4v) is 2.57. The molecule has 0 bridgehead atoms. The first-order chi connectivity index (χ1) is 8.74. The van der Waals surface area contributed by atoms with E-state index in [0.29, 0.717) is 11.9 Å². The van der Waals surface area contributed by atoms with E-state index < -0.39 is 0 Å². The molecule has 1 aliphatic heterocycles. The van der Waals surface area contributed by atoms with Crippen molar-refractivity contribution in [3.8, 4) is 0 Å². The summed E-state index contributed by atoms with van der Waals surface area (Å²) in [7, 11) is 0. The molecule has 2 heterocycles. The second-order valence-corrected chi connectivity index (χ2v) is 5.03. The van der Waals surface area contributed by atoms with Gasteiger partial charge >= 0.3 is 0 Å². The normalized spacial score (nSPS) is 19.3. The number of benzene rings is 1. The SMILES string of the molecule is CC(O)C1CCN(c2nc3ccccc3o2)CC1. The van der Waals surface area contributed by atoms with Gasteiger partial charge in [-0.2, -0.15) is 4.98 Å². The minimum atomic E-state index is -0.212. The molecule has 1 aromatic carbocycles. The van der Waals surface area contributed by atoms with Crippen molar-refractivity contribution in [1.82, 2.24) is 4.98 Å². The van der Waals surface area contributed by atoms with Gasteiger partial charge in [0.05, 0.1) is 6.10 Å². The first-order valence-electron chi connectivity index (χ1n) is 6.52. The topological polar surface area (TPSA) is 49.5 Å². The third-order valence-corrected chi connectivity index (χ3v) is 3.77. The van der Waals surface area contributed by atoms with Crippen LogP contribution in [0, 0.1) is 5.92 Å². The Kier molecular flexibility index (Phi) is 2.96. The monoisotopic (exact) mass is 246 g/mol. The van der Waals surface area contributed by atoms with E-state index in [0.717, 1.165) is 37.0 Å². The Bertz CT molecular complexity index is 494. The highest BCUT2D eigenvalue weighted by Crippen LogP contribution is 2.27. The molecule has 1 atom stereocenters. The Hall–Kier alpha value is -1.55. The maximum atomic E-state index is 9.59. The molecule has 1 aromatic heterocycles. The number of anilines is 1. The number of rotatable bonds is 2. The summed E-state index contributed by atoms with van der Waals surface area (Å²) in [6, 6.07) is 8.53. The van der Waals surface area contributed by atoms with E-state index in [4.69, 9.17) is 4.42 Å². The first kappa shape index (κ1) is 11.5. The highest BCUT2D eigenvalue weighted by molar-refractivity contribution is 5.74. The Labute approximate surface area is 106 Å². The number of nitrogens with zero attached hydrogens (tertiary/aromatic N) is 2. The number of para-hydroxylation sites is 2. The third-order valence-electron chi connectivity index (χ3n) is 3.77. The van der Waals surface area contributed by atoms with Crippen molar-refractivity contribution in [3.05, 3.63) is 24.3 Å². The Morgan fingerprint density at radius 2 is 2.06 bits per heavy atom. The molecule has 0 spiro atoms. The van der Waals surface area contributed by atoms with Gasteiger partial charge in [-0.3, -0.25) is 0 Å². The molecular weight excluding hydrogens is 228 g/mol. The van der Waals surface area contributed by atoms with Crippen molar-refractivity contribution in [2.45, 2.75) is 25.9 Å². The third kappa shape index (κ3) is 2.08. The van der Waals surface area contributed by atoms with Crippen molar-refractivity contribution in [3.63, 3.8) is 0 Å². The van der Waals surface area contributed by atoms with Gasteiger partial charge in [-0.05, 0) is 37.8 Å². The van der Waals surface area contributed by atoms with E-state index >= 15 is 0 Å². The summed E-state index contributed by atoms with van der Waals surface area (Å²) in [5.41, 5.74) is 1.75. The number of fused-ring (bicyclic) bond motifs is 1. The maximum Gasteiger partial charge on any atom is 0.298 e. The van der Waals surface area contributed by atoms with Gasteiger partial charge in [-0.25, -0.2) is 0 Å². The summed E-state index contributed by atoms with van der Waals surface area (Å²) < 4.78 is 5.76. The molecule has 3 rings (SSSR count). The number of hydrogen-bond donors (Lipinski definition) is 1. The number of aliphatic hydroxyl groups excluding tert-OH is 1. The fourth-order valence-electron chi connectivity index (χ4n) is 2.57. The lowest BCUT2D eigenvalue weighted by atomic mass is 9.92. The zero-order chi connectivity index (χ0) is 12.5. The zero-order valence-corrected chi connectivity index (χ0v) is 10.5. The van der Waals surface area contributed by atoms with E-state index in [2.05, 4.69) is 9.88 Å². The van der Waals surface area contributed by atoms with Crippen molar-refractivity contribution in [2.24, 2.45) is 5.92 Å². The molecule has 18 heavy (non-hydrogen) atoms. The van der Waals surface area contributed by atoms with Crippen LogP contribution < -0.4 is 4.90 Å². The van der Waals surface area contributed by atoms with E-state index in [9.17, 15) is 5.11 Å². The number of hydrogen-bond acceptors (Lipinski definition) is 4. The summed E-state index contributed by atoms with van der Waals surface area (Å²) in [6.45, 7) is 3.69. The molecule has 0 amide bonds. The van der Waals surface area contributed by atoms with Crippen LogP contribution in [0.3, 0.4) is 0 Å². The van der Waals surface area contributed by atoms with E-state index in [1.165, 1.54) is 0 Å². The van der Waals surface area contributed by atoms with Crippen LogP contribution in [0.25, 0.3) is 11.1 Å². The van der Waals surface area contributed by atoms with Crippen LogP contribution in [-0.4, -0.2) is 29.3 Å². The van der Waals surface area contributed by atoms with Crippen LogP contribution >= 0.6 is 0 Å². The predicted octanol–water partition coefficient (Wildman–Crippen LogP) is 2.43. The van der Waals surface area contributed by atoms with Gasteiger partial charge in [0, 0.05) is 13.1 Å². The predicted molar refractivity (Wildman–Crippen MR) is 70.6 cm³/mol. The van der Waals surface area contributed by atoms with E-state index in [1.54, 1.807) is 0 Å². The van der Waals surface area contributed by atoms with Crippen LogP contribution in [0.15, 0.2) is 28.7 Å². The maximum absolute atomic E-state index is 9.59. The summed E-state index contributed by atoms with van der Waals surface area (Å²) >= 11 is 0. The van der Waals surface area contributed by atoms with Crippen LogP contribution in [-0.2, 0) is 0 Å². The van der Waals surface area contributed by atoms with E-state index in [1.807, 2.05) is 31.2 Å². The number of oxazole rings is 1. The molecule has 1 N–H and O–H groups in total. The van der Waals surface area contributed by atoms with E-state index in [-0.39, 0.29) is 6.10 Å². The molecule has 2 aromatic rings. The second kappa shape index (κ2) is 4.61. The lowest BCUT2D eigenvalue weighted by molar-refractivity contribution is 0.109. The molecule has 1 fully saturated rings. The van der Waals surface area contributed by atoms with Gasteiger partial charge in [0.15, 0.2) is 5.58 Å². The molecule has 0 radical (unpaired) electrons. The van der Waals surface area contributed by atoms with Crippen LogP contribution in [0.5, 0.6) is 0 Å². The van der Waals surface area contributed by atoms with Gasteiger partial charge in [0.1, 0.15) is 5.52 Å². The minimum absolute atomic E-state index is 0.212. The standard InChI is InChI=1S/C14H18N2O2/c1-10(17)11-6-8-16(9-7-11)14-15-12-4-2-3-5-13(12)18-14/h2-5,10-11,17H,6-9H2,1H3. The summed E-state index contributed by atoms with van der Waals surface area (Å²) in [5, 5.41) is 9.59. The molecular formula is C14H18N2O2. The largest absolute Gasteiger partial charge is 0.423 e. The second-order valence-electron chi connectivity index (χ2n) is 5.03. The van der Waals surface area contributed by atoms with Gasteiger partial charge in [0.25, 0.3) is 6.01 Å². The molecule has 0 aliphatic carbocycles. The first-order valence-corrected chi connectivity index (χ1v) is 6.52. The lowest BCUT2D eigenvalue weighted by Gasteiger charge is -2.32. The van der Waals surface area contributed by atoms with Gasteiger partial charge in [0.2, 0.25) is 0 Å². The van der Waals surface area contributed by atoms with Crippen molar-refractivity contribution < 1.29 is 9.52 Å². The molecule has 1 unspecified atom stereocenters. The average molecular weight is 246 g/mol.